The number of ether oxygens (including phenoxy) is 2. The van der Waals surface area contributed by atoms with Crippen LogP contribution >= 0.6 is 0 Å². The van der Waals surface area contributed by atoms with Crippen molar-refractivity contribution in [1.82, 2.24) is 5.32 Å². The fraction of sp³-hybridized carbons (Fsp3) is 0.364. The van der Waals surface area contributed by atoms with Gasteiger partial charge >= 0.3 is 6.09 Å². The molecule has 2 rings (SSSR count). The molecule has 0 fully saturated rings. The van der Waals surface area contributed by atoms with Crippen LogP contribution in [-0.2, 0) is 16.1 Å². The molecule has 1 unspecified atom stereocenters. The quantitative estimate of drug-likeness (QED) is 0.704. The first-order chi connectivity index (χ1) is 13.4. The summed E-state index contributed by atoms with van der Waals surface area (Å²) < 4.78 is 10.6. The zero-order chi connectivity index (χ0) is 20.5. The Hall–Kier alpha value is -3.02. The van der Waals surface area contributed by atoms with Crippen molar-refractivity contribution in [3.8, 4) is 5.75 Å². The Morgan fingerprint density at radius 2 is 1.71 bits per heavy atom. The molecule has 150 valence electrons. The minimum Gasteiger partial charge on any atom is -0.480 e. The Balaban J connectivity index is 1.99. The Morgan fingerprint density at radius 3 is 2.32 bits per heavy atom. The molecule has 1 atom stereocenters. The van der Waals surface area contributed by atoms with Crippen LogP contribution in [0.4, 0.5) is 10.5 Å². The molecule has 0 aromatic heterocycles. The van der Waals surface area contributed by atoms with Crippen molar-refractivity contribution < 1.29 is 19.1 Å². The molecule has 0 aliphatic rings. The van der Waals surface area contributed by atoms with E-state index >= 15 is 0 Å². The number of methoxy groups -OCH3 is 1. The molecule has 0 spiro atoms. The second kappa shape index (κ2) is 10.3. The van der Waals surface area contributed by atoms with Gasteiger partial charge in [-0.05, 0) is 41.7 Å². The molecule has 2 aromatic carbocycles. The predicted molar refractivity (Wildman–Crippen MR) is 110 cm³/mol. The summed E-state index contributed by atoms with van der Waals surface area (Å²) in [6.07, 6.45) is -0.512. The number of amides is 2. The van der Waals surface area contributed by atoms with E-state index in [-0.39, 0.29) is 5.91 Å². The third kappa shape index (κ3) is 6.01. The topological polar surface area (TPSA) is 76.7 Å². The minimum atomic E-state index is -0.583. The van der Waals surface area contributed by atoms with Crippen molar-refractivity contribution in [2.75, 3.05) is 12.4 Å². The SMILES string of the molecule is CCC(Oc1ccccc1C(C)C)C(=O)Nc1ccc(CNC(=O)OC)cc1. The number of benzene rings is 2. The van der Waals surface area contributed by atoms with E-state index in [4.69, 9.17) is 4.74 Å². The average Bonchev–Trinajstić information content (AvgIpc) is 2.71. The fourth-order valence-electron chi connectivity index (χ4n) is 2.72. The van der Waals surface area contributed by atoms with Crippen LogP contribution in [0.2, 0.25) is 0 Å². The Kier molecular flexibility index (Phi) is 7.87. The molecule has 2 N–H and O–H groups in total. The highest BCUT2D eigenvalue weighted by atomic mass is 16.5. The molecule has 0 saturated heterocycles. The number of carbonyl (C=O) groups is 2. The van der Waals surface area contributed by atoms with Gasteiger partial charge in [0.1, 0.15) is 5.75 Å². The number of anilines is 1. The highest BCUT2D eigenvalue weighted by molar-refractivity contribution is 5.94. The zero-order valence-corrected chi connectivity index (χ0v) is 16.8. The summed E-state index contributed by atoms with van der Waals surface area (Å²) in [5.74, 6) is 0.855. The van der Waals surface area contributed by atoms with Crippen LogP contribution in [-0.4, -0.2) is 25.2 Å². The van der Waals surface area contributed by atoms with Crippen molar-refractivity contribution >= 4 is 17.7 Å². The van der Waals surface area contributed by atoms with E-state index in [1.807, 2.05) is 43.3 Å². The first-order valence-corrected chi connectivity index (χ1v) is 9.41. The van der Waals surface area contributed by atoms with Gasteiger partial charge < -0.3 is 20.1 Å². The van der Waals surface area contributed by atoms with E-state index in [1.165, 1.54) is 7.11 Å². The monoisotopic (exact) mass is 384 g/mol. The van der Waals surface area contributed by atoms with Crippen LogP contribution < -0.4 is 15.4 Å². The van der Waals surface area contributed by atoms with Crippen LogP contribution in [0.5, 0.6) is 5.75 Å². The average molecular weight is 384 g/mol. The highest BCUT2D eigenvalue weighted by Crippen LogP contribution is 2.27. The van der Waals surface area contributed by atoms with Gasteiger partial charge in [0.25, 0.3) is 5.91 Å². The second-order valence-electron chi connectivity index (χ2n) is 6.74. The smallest absolute Gasteiger partial charge is 0.407 e. The lowest BCUT2D eigenvalue weighted by molar-refractivity contribution is -0.122. The van der Waals surface area contributed by atoms with E-state index in [0.717, 1.165) is 16.9 Å². The Labute approximate surface area is 166 Å². The van der Waals surface area contributed by atoms with Crippen molar-refractivity contribution in [3.63, 3.8) is 0 Å². The number of rotatable bonds is 8. The summed E-state index contributed by atoms with van der Waals surface area (Å²) in [5.41, 5.74) is 2.65. The number of para-hydroxylation sites is 1. The maximum absolute atomic E-state index is 12.7. The molecule has 6 nitrogen and oxygen atoms in total. The molecular weight excluding hydrogens is 356 g/mol. The first kappa shape index (κ1) is 21.3. The molecule has 0 aliphatic carbocycles. The van der Waals surface area contributed by atoms with Crippen LogP contribution in [0.25, 0.3) is 0 Å². The van der Waals surface area contributed by atoms with E-state index < -0.39 is 12.2 Å². The largest absolute Gasteiger partial charge is 0.480 e. The first-order valence-electron chi connectivity index (χ1n) is 9.41. The maximum Gasteiger partial charge on any atom is 0.407 e. The van der Waals surface area contributed by atoms with Gasteiger partial charge in [0.15, 0.2) is 6.10 Å². The van der Waals surface area contributed by atoms with Crippen molar-refractivity contribution in [2.24, 2.45) is 0 Å². The highest BCUT2D eigenvalue weighted by Gasteiger charge is 2.20. The van der Waals surface area contributed by atoms with Crippen molar-refractivity contribution in [1.29, 1.82) is 0 Å². The lowest BCUT2D eigenvalue weighted by atomic mass is 10.0. The summed E-state index contributed by atoms with van der Waals surface area (Å²) in [6, 6.07) is 15.1. The lowest BCUT2D eigenvalue weighted by Gasteiger charge is -2.20. The van der Waals surface area contributed by atoms with Gasteiger partial charge in [0.2, 0.25) is 0 Å². The van der Waals surface area contributed by atoms with Crippen LogP contribution in [0.15, 0.2) is 48.5 Å². The number of carbonyl (C=O) groups excluding carboxylic acids is 2. The van der Waals surface area contributed by atoms with Crippen molar-refractivity contribution in [2.45, 2.75) is 45.8 Å². The third-order valence-electron chi connectivity index (χ3n) is 4.32. The van der Waals surface area contributed by atoms with Crippen molar-refractivity contribution in [3.05, 3.63) is 59.7 Å². The molecule has 0 aliphatic heterocycles. The number of hydrogen-bond donors (Lipinski definition) is 2. The van der Waals surface area contributed by atoms with Gasteiger partial charge in [-0.2, -0.15) is 0 Å². The molecule has 28 heavy (non-hydrogen) atoms. The van der Waals surface area contributed by atoms with E-state index in [2.05, 4.69) is 29.2 Å². The van der Waals surface area contributed by atoms with Crippen LogP contribution in [0.1, 0.15) is 44.2 Å². The summed E-state index contributed by atoms with van der Waals surface area (Å²) in [5, 5.41) is 5.50. The summed E-state index contributed by atoms with van der Waals surface area (Å²) in [4.78, 5) is 23.8. The number of alkyl carbamates (subject to hydrolysis) is 1. The fourth-order valence-corrected chi connectivity index (χ4v) is 2.72. The Bertz CT molecular complexity index is 787. The van der Waals surface area contributed by atoms with Gasteiger partial charge in [-0.15, -0.1) is 0 Å². The molecule has 6 heteroatoms. The summed E-state index contributed by atoms with van der Waals surface area (Å²) >= 11 is 0. The molecule has 0 radical (unpaired) electrons. The van der Waals surface area contributed by atoms with Gasteiger partial charge in [-0.1, -0.05) is 51.1 Å². The molecule has 2 aromatic rings. The summed E-state index contributed by atoms with van der Waals surface area (Å²) in [7, 11) is 1.32. The van der Waals surface area contributed by atoms with Crippen LogP contribution in [0, 0.1) is 0 Å². The maximum atomic E-state index is 12.7. The van der Waals surface area contributed by atoms with E-state index in [9.17, 15) is 9.59 Å². The second-order valence-corrected chi connectivity index (χ2v) is 6.74. The number of hydrogen-bond acceptors (Lipinski definition) is 4. The van der Waals surface area contributed by atoms with Gasteiger partial charge in [0.05, 0.1) is 7.11 Å². The predicted octanol–water partition coefficient (Wildman–Crippen LogP) is 4.46. The molecule has 0 heterocycles. The van der Waals surface area contributed by atoms with Gasteiger partial charge in [-0.3, -0.25) is 4.79 Å². The third-order valence-corrected chi connectivity index (χ3v) is 4.32. The van der Waals surface area contributed by atoms with Gasteiger partial charge in [0, 0.05) is 12.2 Å². The minimum absolute atomic E-state index is 0.193. The Morgan fingerprint density at radius 1 is 1.04 bits per heavy atom. The standard InChI is InChI=1S/C22H28N2O4/c1-5-19(28-20-9-7-6-8-18(20)15(2)3)21(25)24-17-12-10-16(11-13-17)14-23-22(26)27-4/h6-13,15,19H,5,14H2,1-4H3,(H,23,26)(H,24,25). The molecular formula is C22H28N2O4. The van der Waals surface area contributed by atoms with E-state index in [0.29, 0.717) is 24.6 Å². The number of nitrogens with one attached hydrogen (secondary N) is 2. The lowest BCUT2D eigenvalue weighted by Crippen LogP contribution is -2.32. The normalized spacial score (nSPS) is 11.6. The zero-order valence-electron chi connectivity index (χ0n) is 16.8. The van der Waals surface area contributed by atoms with Gasteiger partial charge in [-0.25, -0.2) is 4.79 Å². The summed E-state index contributed by atoms with van der Waals surface area (Å²) in [6.45, 7) is 6.47. The molecule has 2 amide bonds. The van der Waals surface area contributed by atoms with Crippen LogP contribution in [0.3, 0.4) is 0 Å². The van der Waals surface area contributed by atoms with E-state index in [1.54, 1.807) is 12.1 Å². The molecule has 0 saturated carbocycles. The molecule has 0 bridgehead atoms.